The largest absolute Gasteiger partial charge is 0.334 e. The molecule has 1 atom stereocenters. The number of halogens is 3. The van der Waals surface area contributed by atoms with E-state index in [1.54, 1.807) is 17.0 Å². The van der Waals surface area contributed by atoms with Gasteiger partial charge in [0.25, 0.3) is 10.0 Å². The van der Waals surface area contributed by atoms with Crippen molar-refractivity contribution < 1.29 is 22.0 Å². The van der Waals surface area contributed by atoms with Crippen molar-refractivity contribution in [2.75, 3.05) is 17.4 Å². The fourth-order valence-electron chi connectivity index (χ4n) is 3.97. The number of hydrogen-bond donors (Lipinski definition) is 0. The predicted octanol–water partition coefficient (Wildman–Crippen LogP) is 5.18. The molecule has 0 aliphatic carbocycles. The van der Waals surface area contributed by atoms with Crippen molar-refractivity contribution >= 4 is 33.2 Å². The zero-order chi connectivity index (χ0) is 23.6. The lowest BCUT2D eigenvalue weighted by Crippen LogP contribution is -2.42. The molecule has 0 radical (unpaired) electrons. The second kappa shape index (κ2) is 9.49. The first-order valence-electron chi connectivity index (χ1n) is 10.3. The molecule has 3 aromatic rings. The number of sulfonamides is 1. The summed E-state index contributed by atoms with van der Waals surface area (Å²) < 4.78 is 54.6. The Morgan fingerprint density at radius 2 is 1.52 bits per heavy atom. The molecule has 0 bridgehead atoms. The molecule has 1 heterocycles. The molecular weight excluding hydrogens is 470 g/mol. The molecule has 0 N–H and O–H groups in total. The van der Waals surface area contributed by atoms with Crippen LogP contribution in [0.3, 0.4) is 0 Å². The molecular formula is C24H21ClF2N2O3S. The number of likely N-dealkylation sites (tertiary alicyclic amines) is 1. The minimum Gasteiger partial charge on any atom is -0.334 e. The van der Waals surface area contributed by atoms with Crippen LogP contribution in [0.5, 0.6) is 0 Å². The van der Waals surface area contributed by atoms with Gasteiger partial charge in [-0.1, -0.05) is 23.7 Å². The highest BCUT2D eigenvalue weighted by Crippen LogP contribution is 2.33. The number of rotatable bonds is 6. The smallest absolute Gasteiger partial charge is 0.264 e. The summed E-state index contributed by atoms with van der Waals surface area (Å²) in [6.45, 7) is 0.0188. The summed E-state index contributed by atoms with van der Waals surface area (Å²) in [5, 5.41) is 0.417. The van der Waals surface area contributed by atoms with Crippen LogP contribution in [0.1, 0.15) is 24.4 Å². The van der Waals surface area contributed by atoms with Crippen LogP contribution in [0.15, 0.2) is 77.7 Å². The van der Waals surface area contributed by atoms with Gasteiger partial charge in [0, 0.05) is 11.6 Å². The molecule has 1 saturated heterocycles. The second-order valence-electron chi connectivity index (χ2n) is 7.74. The van der Waals surface area contributed by atoms with E-state index >= 15 is 0 Å². The quantitative estimate of drug-likeness (QED) is 0.478. The topological polar surface area (TPSA) is 57.7 Å². The maximum Gasteiger partial charge on any atom is 0.264 e. The zero-order valence-corrected chi connectivity index (χ0v) is 19.1. The highest BCUT2D eigenvalue weighted by molar-refractivity contribution is 7.92. The Bertz CT molecular complexity index is 1230. The van der Waals surface area contributed by atoms with Crippen LogP contribution in [-0.2, 0) is 14.8 Å². The van der Waals surface area contributed by atoms with Crippen molar-refractivity contribution in [1.82, 2.24) is 4.90 Å². The summed E-state index contributed by atoms with van der Waals surface area (Å²) in [7, 11) is -4.17. The molecule has 0 spiro atoms. The summed E-state index contributed by atoms with van der Waals surface area (Å²) in [4.78, 5) is 14.8. The number of amides is 1. The van der Waals surface area contributed by atoms with E-state index < -0.39 is 22.4 Å². The molecule has 5 nitrogen and oxygen atoms in total. The highest BCUT2D eigenvalue weighted by Gasteiger charge is 2.34. The summed E-state index contributed by atoms with van der Waals surface area (Å²) in [6.07, 6.45) is 1.45. The van der Waals surface area contributed by atoms with E-state index in [1.807, 2.05) is 0 Å². The Morgan fingerprint density at radius 3 is 2.12 bits per heavy atom. The molecule has 172 valence electrons. The van der Waals surface area contributed by atoms with Crippen molar-refractivity contribution in [2.45, 2.75) is 23.8 Å². The first kappa shape index (κ1) is 23.2. The summed E-state index contributed by atoms with van der Waals surface area (Å²) in [6, 6.07) is 16.2. The average molecular weight is 491 g/mol. The molecule has 1 aliphatic heterocycles. The van der Waals surface area contributed by atoms with Crippen LogP contribution in [0.25, 0.3) is 0 Å². The third-order valence-corrected chi connectivity index (χ3v) is 7.66. The van der Waals surface area contributed by atoms with Crippen molar-refractivity contribution in [3.63, 3.8) is 0 Å². The van der Waals surface area contributed by atoms with Crippen molar-refractivity contribution in [2.24, 2.45) is 0 Å². The Hall–Kier alpha value is -2.97. The Morgan fingerprint density at radius 1 is 0.939 bits per heavy atom. The maximum absolute atomic E-state index is 13.4. The van der Waals surface area contributed by atoms with Gasteiger partial charge >= 0.3 is 0 Å². The Kier molecular flexibility index (Phi) is 6.67. The molecule has 1 unspecified atom stereocenters. The molecule has 1 aliphatic rings. The van der Waals surface area contributed by atoms with Gasteiger partial charge in [0.05, 0.1) is 16.6 Å². The van der Waals surface area contributed by atoms with Gasteiger partial charge in [0.1, 0.15) is 18.2 Å². The van der Waals surface area contributed by atoms with Crippen molar-refractivity contribution in [3.8, 4) is 0 Å². The Balaban J connectivity index is 1.66. The van der Waals surface area contributed by atoms with Crippen LogP contribution >= 0.6 is 11.6 Å². The number of anilines is 1. The van der Waals surface area contributed by atoms with E-state index in [4.69, 9.17) is 11.6 Å². The molecule has 3 aromatic carbocycles. The van der Waals surface area contributed by atoms with Gasteiger partial charge in [0.15, 0.2) is 0 Å². The number of benzene rings is 3. The van der Waals surface area contributed by atoms with E-state index in [2.05, 4.69) is 0 Å². The van der Waals surface area contributed by atoms with E-state index in [1.165, 1.54) is 36.4 Å². The minimum absolute atomic E-state index is 0.136. The van der Waals surface area contributed by atoms with Gasteiger partial charge < -0.3 is 4.90 Å². The SMILES string of the molecule is O=C(CN(c1ccc(Cl)cc1)S(=O)(=O)c1ccc(F)cc1)N1CCCC1c1ccc(F)cc1. The highest BCUT2D eigenvalue weighted by atomic mass is 35.5. The van der Waals surface area contributed by atoms with Crippen LogP contribution in [0.4, 0.5) is 14.5 Å². The lowest BCUT2D eigenvalue weighted by molar-refractivity contribution is -0.130. The predicted molar refractivity (Wildman–Crippen MR) is 122 cm³/mol. The van der Waals surface area contributed by atoms with Crippen molar-refractivity contribution in [1.29, 1.82) is 0 Å². The van der Waals surface area contributed by atoms with Gasteiger partial charge in [-0.05, 0) is 79.1 Å². The molecule has 1 amide bonds. The maximum atomic E-state index is 13.4. The lowest BCUT2D eigenvalue weighted by Gasteiger charge is -2.30. The van der Waals surface area contributed by atoms with Gasteiger partial charge in [-0.25, -0.2) is 17.2 Å². The second-order valence-corrected chi connectivity index (χ2v) is 10.0. The van der Waals surface area contributed by atoms with E-state index in [9.17, 15) is 22.0 Å². The van der Waals surface area contributed by atoms with Gasteiger partial charge in [-0.2, -0.15) is 0 Å². The molecule has 0 saturated carbocycles. The first-order valence-corrected chi connectivity index (χ1v) is 12.2. The molecule has 9 heteroatoms. The standard InChI is InChI=1S/C24H21ClF2N2O3S/c25-18-5-11-21(12-6-18)29(33(31,32)22-13-9-20(27)10-14-22)16-24(30)28-15-1-2-23(28)17-3-7-19(26)8-4-17/h3-14,23H,1-2,15-16H2. The Labute approximate surface area is 196 Å². The molecule has 4 rings (SSSR count). The molecule has 33 heavy (non-hydrogen) atoms. The van der Waals surface area contributed by atoms with Crippen molar-refractivity contribution in [3.05, 3.63) is 95.0 Å². The summed E-state index contributed by atoms with van der Waals surface area (Å²) >= 11 is 5.96. The molecule has 0 aromatic heterocycles. The number of carbonyl (C=O) groups is 1. The van der Waals surface area contributed by atoms with Crippen LogP contribution in [0.2, 0.25) is 5.02 Å². The first-order chi connectivity index (χ1) is 15.8. The van der Waals surface area contributed by atoms with Gasteiger partial charge in [-0.15, -0.1) is 0 Å². The third kappa shape index (κ3) is 5.02. The monoisotopic (exact) mass is 490 g/mol. The average Bonchev–Trinajstić information content (AvgIpc) is 3.29. The fraction of sp³-hybridized carbons (Fsp3) is 0.208. The van der Waals surface area contributed by atoms with Gasteiger partial charge in [-0.3, -0.25) is 9.10 Å². The number of carbonyl (C=O) groups excluding carboxylic acids is 1. The number of hydrogen-bond acceptors (Lipinski definition) is 3. The van der Waals surface area contributed by atoms with E-state index in [-0.39, 0.29) is 28.3 Å². The van der Waals surface area contributed by atoms with Crippen LogP contribution in [0, 0.1) is 11.6 Å². The van der Waals surface area contributed by atoms with Gasteiger partial charge in [0.2, 0.25) is 5.91 Å². The number of nitrogens with zero attached hydrogens (tertiary/aromatic N) is 2. The zero-order valence-electron chi connectivity index (χ0n) is 17.5. The third-order valence-electron chi connectivity index (χ3n) is 5.62. The van der Waals surface area contributed by atoms with Crippen LogP contribution < -0.4 is 4.31 Å². The summed E-state index contributed by atoms with van der Waals surface area (Å²) in [5.41, 5.74) is 1.05. The lowest BCUT2D eigenvalue weighted by atomic mass is 10.0. The minimum atomic E-state index is -4.17. The van der Waals surface area contributed by atoms with E-state index in [0.29, 0.717) is 18.0 Å². The summed E-state index contributed by atoms with van der Waals surface area (Å²) in [5.74, 6) is -1.32. The van der Waals surface area contributed by atoms with E-state index in [0.717, 1.165) is 40.6 Å². The molecule has 1 fully saturated rings. The fourth-order valence-corrected chi connectivity index (χ4v) is 5.51. The normalized spacial score (nSPS) is 16.1. The van der Waals surface area contributed by atoms with Crippen LogP contribution in [-0.4, -0.2) is 32.3 Å².